The molecule has 0 N–H and O–H groups in total. The Morgan fingerprint density at radius 2 is 1.50 bits per heavy atom. The van der Waals surface area contributed by atoms with Gasteiger partial charge in [0.15, 0.2) is 0 Å². The molecule has 20 heavy (non-hydrogen) atoms. The fourth-order valence-electron chi connectivity index (χ4n) is 1.59. The molecule has 2 aromatic carbocycles. The van der Waals surface area contributed by atoms with E-state index in [1.807, 2.05) is 0 Å². The van der Waals surface area contributed by atoms with Crippen molar-refractivity contribution in [3.05, 3.63) is 51.5 Å². The van der Waals surface area contributed by atoms with E-state index in [-0.39, 0.29) is 10.8 Å². The van der Waals surface area contributed by atoms with E-state index in [1.165, 1.54) is 12.1 Å². The third-order valence-electron chi connectivity index (χ3n) is 2.40. The lowest BCUT2D eigenvalue weighted by Gasteiger charge is -2.11. The molecule has 0 saturated carbocycles. The third-order valence-corrected chi connectivity index (χ3v) is 3.46. The van der Waals surface area contributed by atoms with Gasteiger partial charge in [-0.05, 0) is 35.9 Å². The van der Waals surface area contributed by atoms with Crippen molar-refractivity contribution in [2.75, 3.05) is 0 Å². The van der Waals surface area contributed by atoms with Crippen molar-refractivity contribution in [1.29, 1.82) is 0 Å². The molecule has 0 spiro atoms. The lowest BCUT2D eigenvalue weighted by Crippen LogP contribution is -2.17. The molecule has 0 heterocycles. The van der Waals surface area contributed by atoms with E-state index < -0.39 is 6.36 Å². The summed E-state index contributed by atoms with van der Waals surface area (Å²) in [5.41, 5.74) is 1.17. The second-order valence-electron chi connectivity index (χ2n) is 3.82. The first-order valence-electron chi connectivity index (χ1n) is 5.27. The van der Waals surface area contributed by atoms with Gasteiger partial charge in [-0.25, -0.2) is 0 Å². The number of rotatable bonds is 2. The van der Waals surface area contributed by atoms with Gasteiger partial charge in [0.1, 0.15) is 5.75 Å². The van der Waals surface area contributed by atoms with Crippen molar-refractivity contribution in [3.8, 4) is 16.9 Å². The highest BCUT2D eigenvalue weighted by Gasteiger charge is 2.31. The first-order valence-corrected chi connectivity index (χ1v) is 6.40. The van der Waals surface area contributed by atoms with Crippen LogP contribution in [0.2, 0.25) is 15.1 Å². The summed E-state index contributed by atoms with van der Waals surface area (Å²) in [5.74, 6) is -0.383. The molecule has 0 saturated heterocycles. The highest BCUT2D eigenvalue weighted by molar-refractivity contribution is 6.42. The van der Waals surface area contributed by atoms with Crippen molar-refractivity contribution >= 4 is 34.8 Å². The highest BCUT2D eigenvalue weighted by atomic mass is 35.5. The number of alkyl halides is 3. The Kier molecular flexibility index (Phi) is 4.37. The van der Waals surface area contributed by atoms with Crippen molar-refractivity contribution < 1.29 is 17.9 Å². The van der Waals surface area contributed by atoms with Gasteiger partial charge >= 0.3 is 6.36 Å². The predicted molar refractivity (Wildman–Crippen MR) is 73.6 cm³/mol. The molecular formula is C13H6Cl3F3O. The van der Waals surface area contributed by atoms with Crippen molar-refractivity contribution in [2.24, 2.45) is 0 Å². The van der Waals surface area contributed by atoms with Gasteiger partial charge in [0.05, 0.1) is 15.1 Å². The van der Waals surface area contributed by atoms with Crippen LogP contribution in [0.3, 0.4) is 0 Å². The van der Waals surface area contributed by atoms with Crippen molar-refractivity contribution in [2.45, 2.75) is 6.36 Å². The zero-order valence-electron chi connectivity index (χ0n) is 9.64. The third kappa shape index (κ3) is 3.72. The molecule has 106 valence electrons. The lowest BCUT2D eigenvalue weighted by atomic mass is 10.1. The molecule has 0 radical (unpaired) electrons. The Bertz CT molecular complexity index is 641. The van der Waals surface area contributed by atoms with Crippen LogP contribution in [-0.2, 0) is 0 Å². The van der Waals surface area contributed by atoms with Crippen LogP contribution in [0.1, 0.15) is 0 Å². The zero-order chi connectivity index (χ0) is 14.9. The van der Waals surface area contributed by atoms with Gasteiger partial charge < -0.3 is 4.74 Å². The van der Waals surface area contributed by atoms with Crippen molar-refractivity contribution in [3.63, 3.8) is 0 Å². The van der Waals surface area contributed by atoms with E-state index in [2.05, 4.69) is 4.74 Å². The molecule has 0 unspecified atom stereocenters. The number of hydrogen-bond acceptors (Lipinski definition) is 1. The van der Waals surface area contributed by atoms with E-state index in [9.17, 15) is 13.2 Å². The van der Waals surface area contributed by atoms with Gasteiger partial charge in [-0.2, -0.15) is 0 Å². The summed E-state index contributed by atoms with van der Waals surface area (Å²) < 4.78 is 40.1. The molecule has 0 amide bonds. The number of ether oxygens (including phenoxy) is 1. The maximum atomic E-state index is 12.1. The van der Waals surface area contributed by atoms with Gasteiger partial charge in [-0.3, -0.25) is 0 Å². The first kappa shape index (κ1) is 15.3. The van der Waals surface area contributed by atoms with Crippen LogP contribution >= 0.6 is 34.8 Å². The Morgan fingerprint density at radius 3 is 2.05 bits per heavy atom. The number of halogens is 6. The number of benzene rings is 2. The van der Waals surface area contributed by atoms with E-state index in [0.29, 0.717) is 21.2 Å². The molecule has 1 nitrogen and oxygen atoms in total. The van der Waals surface area contributed by atoms with Crippen LogP contribution in [0, 0.1) is 0 Å². The molecule has 0 aromatic heterocycles. The molecule has 0 aliphatic rings. The molecule has 2 rings (SSSR count). The molecule has 0 atom stereocenters. The molecule has 0 aliphatic heterocycles. The minimum atomic E-state index is -4.76. The minimum Gasteiger partial charge on any atom is -0.406 e. The van der Waals surface area contributed by atoms with E-state index in [1.54, 1.807) is 18.2 Å². The van der Waals surface area contributed by atoms with E-state index in [4.69, 9.17) is 34.8 Å². The zero-order valence-corrected chi connectivity index (χ0v) is 11.9. The van der Waals surface area contributed by atoms with Gasteiger partial charge in [-0.15, -0.1) is 13.2 Å². The molecule has 0 aliphatic carbocycles. The molecule has 0 bridgehead atoms. The molecule has 0 fully saturated rings. The predicted octanol–water partition coefficient (Wildman–Crippen LogP) is 6.21. The van der Waals surface area contributed by atoms with Crippen LogP contribution < -0.4 is 4.74 Å². The minimum absolute atomic E-state index is 0.116. The largest absolute Gasteiger partial charge is 0.573 e. The SMILES string of the molecule is FC(F)(F)Oc1ccc(-c2ccc(Cl)c(Cl)c2)c(Cl)c1. The van der Waals surface area contributed by atoms with Crippen molar-refractivity contribution in [1.82, 2.24) is 0 Å². The summed E-state index contributed by atoms with van der Waals surface area (Å²) in [7, 11) is 0. The first-order chi connectivity index (χ1) is 9.26. The van der Waals surface area contributed by atoms with E-state index in [0.717, 1.165) is 6.07 Å². The fourth-order valence-corrected chi connectivity index (χ4v) is 2.17. The van der Waals surface area contributed by atoms with Gasteiger partial charge in [0.25, 0.3) is 0 Å². The van der Waals surface area contributed by atoms with Gasteiger partial charge in [0, 0.05) is 5.56 Å². The normalized spacial score (nSPS) is 11.5. The Labute approximate surface area is 127 Å². The van der Waals surface area contributed by atoms with Gasteiger partial charge in [-0.1, -0.05) is 40.9 Å². The highest BCUT2D eigenvalue weighted by Crippen LogP contribution is 2.35. The Hall–Kier alpha value is -1.10. The second-order valence-corrected chi connectivity index (χ2v) is 5.04. The summed E-state index contributed by atoms with van der Waals surface area (Å²) in [6, 6.07) is 8.51. The Morgan fingerprint density at radius 1 is 0.800 bits per heavy atom. The average molecular weight is 342 g/mol. The maximum absolute atomic E-state index is 12.1. The van der Waals surface area contributed by atoms with Crippen LogP contribution in [0.15, 0.2) is 36.4 Å². The van der Waals surface area contributed by atoms with E-state index >= 15 is 0 Å². The second kappa shape index (κ2) is 5.72. The molecular weight excluding hydrogens is 335 g/mol. The topological polar surface area (TPSA) is 9.23 Å². The summed E-state index contributed by atoms with van der Waals surface area (Å²) in [4.78, 5) is 0. The summed E-state index contributed by atoms with van der Waals surface area (Å²) in [6.45, 7) is 0. The van der Waals surface area contributed by atoms with Crippen LogP contribution in [-0.4, -0.2) is 6.36 Å². The van der Waals surface area contributed by atoms with Gasteiger partial charge in [0.2, 0.25) is 0 Å². The quantitative estimate of drug-likeness (QED) is 0.631. The van der Waals surface area contributed by atoms with Crippen LogP contribution in [0.25, 0.3) is 11.1 Å². The maximum Gasteiger partial charge on any atom is 0.573 e. The lowest BCUT2D eigenvalue weighted by molar-refractivity contribution is -0.274. The monoisotopic (exact) mass is 340 g/mol. The Balaban J connectivity index is 2.36. The number of hydrogen-bond donors (Lipinski definition) is 0. The average Bonchev–Trinajstić information content (AvgIpc) is 2.31. The summed E-state index contributed by atoms with van der Waals surface area (Å²) >= 11 is 17.6. The molecule has 2 aromatic rings. The summed E-state index contributed by atoms with van der Waals surface area (Å²) in [5, 5.41) is 0.824. The van der Waals surface area contributed by atoms with Crippen LogP contribution in [0.5, 0.6) is 5.75 Å². The van der Waals surface area contributed by atoms with Crippen LogP contribution in [0.4, 0.5) is 13.2 Å². The molecule has 7 heteroatoms. The smallest absolute Gasteiger partial charge is 0.406 e. The fraction of sp³-hybridized carbons (Fsp3) is 0.0769. The summed E-state index contributed by atoms with van der Waals surface area (Å²) in [6.07, 6.45) is -4.76. The standard InChI is InChI=1S/C13H6Cl3F3O/c14-10-4-1-7(5-12(10)16)9-3-2-8(6-11(9)15)20-13(17,18)19/h1-6H.